The summed E-state index contributed by atoms with van der Waals surface area (Å²) in [4.78, 5) is 27.3. The van der Waals surface area contributed by atoms with Gasteiger partial charge >= 0.3 is 5.97 Å². The second kappa shape index (κ2) is 6.88. The summed E-state index contributed by atoms with van der Waals surface area (Å²) in [7, 11) is 0. The molecule has 0 radical (unpaired) electrons. The largest absolute Gasteiger partial charge is 0.481 e. The predicted molar refractivity (Wildman–Crippen MR) is 78.4 cm³/mol. The Kier molecular flexibility index (Phi) is 4.92. The van der Waals surface area contributed by atoms with E-state index < -0.39 is 5.97 Å². The van der Waals surface area contributed by atoms with E-state index in [2.05, 4.69) is 10.5 Å². The number of rotatable bonds is 7. The normalized spacial score (nSPS) is 14.9. The second-order valence-corrected chi connectivity index (χ2v) is 4.81. The van der Waals surface area contributed by atoms with E-state index >= 15 is 0 Å². The van der Waals surface area contributed by atoms with Gasteiger partial charge in [0, 0.05) is 12.0 Å². The van der Waals surface area contributed by atoms with Gasteiger partial charge in [0.2, 0.25) is 0 Å². The summed E-state index contributed by atoms with van der Waals surface area (Å²) < 4.78 is 0. The lowest BCUT2D eigenvalue weighted by Crippen LogP contribution is -2.14. The summed E-state index contributed by atoms with van der Waals surface area (Å²) in [6.45, 7) is 2.35. The van der Waals surface area contributed by atoms with Crippen LogP contribution in [0.2, 0.25) is 0 Å². The minimum absolute atomic E-state index is 0.114. The number of carboxylic acids is 1. The van der Waals surface area contributed by atoms with Gasteiger partial charge < -0.3 is 15.3 Å². The number of oxime groups is 1. The van der Waals surface area contributed by atoms with Crippen LogP contribution in [0.3, 0.4) is 0 Å². The number of amides is 1. The third-order valence-electron chi connectivity index (χ3n) is 3.24. The average molecular weight is 290 g/mol. The number of hydrogen-bond acceptors (Lipinski definition) is 4. The predicted octanol–water partition coefficient (Wildman–Crippen LogP) is 2.18. The summed E-state index contributed by atoms with van der Waals surface area (Å²) in [5.74, 6) is -1.10. The number of aliphatic carboxylic acids is 1. The molecule has 0 bridgehead atoms. The van der Waals surface area contributed by atoms with Gasteiger partial charge in [-0.25, -0.2) is 0 Å². The average Bonchev–Trinajstić information content (AvgIpc) is 2.77. The Morgan fingerprint density at radius 3 is 2.90 bits per heavy atom. The van der Waals surface area contributed by atoms with E-state index in [4.69, 9.17) is 9.94 Å². The molecule has 112 valence electrons. The Morgan fingerprint density at radius 2 is 2.19 bits per heavy atom. The molecular weight excluding hydrogens is 272 g/mol. The van der Waals surface area contributed by atoms with Crippen molar-refractivity contribution in [1.29, 1.82) is 0 Å². The highest BCUT2D eigenvalue weighted by molar-refractivity contribution is 6.53. The third kappa shape index (κ3) is 3.81. The first-order chi connectivity index (χ1) is 10.1. The molecule has 0 aliphatic carbocycles. The van der Waals surface area contributed by atoms with Crippen molar-refractivity contribution in [3.05, 3.63) is 29.3 Å². The smallest absolute Gasteiger partial charge is 0.303 e. The molecule has 0 atom stereocenters. The van der Waals surface area contributed by atoms with E-state index in [-0.39, 0.29) is 18.0 Å². The molecule has 6 heteroatoms. The van der Waals surface area contributed by atoms with Crippen molar-refractivity contribution in [1.82, 2.24) is 0 Å². The van der Waals surface area contributed by atoms with Crippen LogP contribution in [0.15, 0.2) is 23.4 Å². The van der Waals surface area contributed by atoms with Crippen molar-refractivity contribution in [3.63, 3.8) is 0 Å². The molecule has 0 saturated heterocycles. The van der Waals surface area contributed by atoms with Gasteiger partial charge in [0.15, 0.2) is 5.71 Å². The molecule has 2 rings (SSSR count). The molecule has 0 spiro atoms. The molecule has 1 amide bonds. The molecule has 21 heavy (non-hydrogen) atoms. The van der Waals surface area contributed by atoms with Crippen LogP contribution in [0.25, 0.3) is 0 Å². The lowest BCUT2D eigenvalue weighted by Gasteiger charge is -2.01. The maximum atomic E-state index is 11.8. The number of unbranched alkanes of at least 4 members (excludes halogenated alkanes) is 1. The monoisotopic (exact) mass is 290 g/mol. The molecule has 1 aliphatic heterocycles. The van der Waals surface area contributed by atoms with Gasteiger partial charge in [0.1, 0.15) is 6.61 Å². The van der Waals surface area contributed by atoms with Crippen LogP contribution in [-0.4, -0.2) is 29.3 Å². The number of fused-ring (bicyclic) bond motifs is 1. The van der Waals surface area contributed by atoms with Crippen molar-refractivity contribution >= 4 is 23.3 Å². The zero-order valence-electron chi connectivity index (χ0n) is 11.9. The number of hydrogen-bond donors (Lipinski definition) is 2. The van der Waals surface area contributed by atoms with Crippen LogP contribution in [0, 0.1) is 0 Å². The van der Waals surface area contributed by atoms with E-state index in [1.807, 2.05) is 25.1 Å². The molecule has 2 N–H and O–H groups in total. The molecule has 0 saturated carbocycles. The molecule has 0 aromatic heterocycles. The van der Waals surface area contributed by atoms with E-state index in [0.717, 1.165) is 23.2 Å². The first-order valence-corrected chi connectivity index (χ1v) is 6.98. The number of carbonyl (C=O) groups is 2. The van der Waals surface area contributed by atoms with Crippen molar-refractivity contribution < 1.29 is 19.5 Å². The van der Waals surface area contributed by atoms with Crippen LogP contribution in [-0.2, 0) is 20.8 Å². The summed E-state index contributed by atoms with van der Waals surface area (Å²) in [6.07, 6.45) is 2.13. The minimum Gasteiger partial charge on any atom is -0.481 e. The Balaban J connectivity index is 1.93. The van der Waals surface area contributed by atoms with Gasteiger partial charge in [0.05, 0.1) is 5.69 Å². The molecule has 1 heterocycles. The number of carbonyl (C=O) groups excluding carboxylic acids is 1. The van der Waals surface area contributed by atoms with Crippen LogP contribution >= 0.6 is 0 Å². The van der Waals surface area contributed by atoms with Crippen LogP contribution in [0.1, 0.15) is 37.3 Å². The summed E-state index contributed by atoms with van der Waals surface area (Å²) in [5.41, 5.74) is 2.91. The van der Waals surface area contributed by atoms with Gasteiger partial charge in [0.25, 0.3) is 5.91 Å². The number of nitrogens with one attached hydrogen (secondary N) is 1. The fraction of sp³-hybridized carbons (Fsp3) is 0.400. The fourth-order valence-corrected chi connectivity index (χ4v) is 2.07. The highest BCUT2D eigenvalue weighted by Gasteiger charge is 2.26. The van der Waals surface area contributed by atoms with E-state index in [0.29, 0.717) is 19.4 Å². The van der Waals surface area contributed by atoms with Gasteiger partial charge in [-0.15, -0.1) is 0 Å². The van der Waals surface area contributed by atoms with Crippen molar-refractivity contribution in [3.8, 4) is 0 Å². The molecule has 6 nitrogen and oxygen atoms in total. The van der Waals surface area contributed by atoms with E-state index in [1.54, 1.807) is 0 Å². The van der Waals surface area contributed by atoms with Gasteiger partial charge in [-0.3, -0.25) is 9.59 Å². The molecule has 1 aromatic carbocycles. The first-order valence-electron chi connectivity index (χ1n) is 6.98. The number of anilines is 1. The summed E-state index contributed by atoms with van der Waals surface area (Å²) >= 11 is 0. The van der Waals surface area contributed by atoms with Crippen LogP contribution in [0.5, 0.6) is 0 Å². The van der Waals surface area contributed by atoms with Crippen molar-refractivity contribution in [2.75, 3.05) is 11.9 Å². The molecular formula is C15H18N2O4. The number of benzene rings is 1. The van der Waals surface area contributed by atoms with Gasteiger partial charge in [-0.05, 0) is 30.9 Å². The maximum Gasteiger partial charge on any atom is 0.303 e. The number of carboxylic acid groups (broad SMARTS) is 1. The Bertz CT molecular complexity index is 581. The lowest BCUT2D eigenvalue weighted by atomic mass is 10.1. The van der Waals surface area contributed by atoms with E-state index in [1.165, 1.54) is 0 Å². The number of nitrogens with zero attached hydrogens (tertiary/aromatic N) is 1. The highest BCUT2D eigenvalue weighted by atomic mass is 16.6. The lowest BCUT2D eigenvalue weighted by molar-refractivity contribution is -0.137. The minimum atomic E-state index is -0.822. The zero-order valence-corrected chi connectivity index (χ0v) is 11.9. The van der Waals surface area contributed by atoms with Crippen molar-refractivity contribution in [2.24, 2.45) is 5.16 Å². The molecule has 1 aromatic rings. The van der Waals surface area contributed by atoms with E-state index in [9.17, 15) is 9.59 Å². The van der Waals surface area contributed by atoms with Crippen LogP contribution < -0.4 is 5.32 Å². The van der Waals surface area contributed by atoms with Crippen molar-refractivity contribution in [2.45, 2.75) is 32.6 Å². The first kappa shape index (κ1) is 15.0. The molecule has 0 unspecified atom stereocenters. The number of aryl methyl sites for hydroxylation is 1. The van der Waals surface area contributed by atoms with Crippen LogP contribution in [0.4, 0.5) is 5.69 Å². The topological polar surface area (TPSA) is 88.0 Å². The Morgan fingerprint density at radius 1 is 1.38 bits per heavy atom. The van der Waals surface area contributed by atoms with Gasteiger partial charge in [-0.1, -0.05) is 24.2 Å². The van der Waals surface area contributed by atoms with Gasteiger partial charge in [-0.2, -0.15) is 0 Å². The molecule has 0 fully saturated rings. The quantitative estimate of drug-likeness (QED) is 0.595. The fourth-order valence-electron chi connectivity index (χ4n) is 2.07. The SMILES string of the molecule is CCc1ccc2c(c1)NC(=O)C2=NOCCCCC(=O)O. The Labute approximate surface area is 122 Å². The standard InChI is InChI=1S/C15H18N2O4/c1-2-10-6-7-11-12(9-10)16-15(20)14(11)17-21-8-4-3-5-13(18)19/h6-7,9H,2-5,8H2,1H3,(H,18,19)(H,16,17,20). The molecule has 1 aliphatic rings. The highest BCUT2D eigenvalue weighted by Crippen LogP contribution is 2.25. The zero-order chi connectivity index (χ0) is 15.2. The summed E-state index contributed by atoms with van der Waals surface area (Å²) in [6, 6.07) is 5.75. The second-order valence-electron chi connectivity index (χ2n) is 4.81. The summed E-state index contributed by atoms with van der Waals surface area (Å²) in [5, 5.41) is 15.1. The Hall–Kier alpha value is -2.37. The maximum absolute atomic E-state index is 11.8. The third-order valence-corrected chi connectivity index (χ3v) is 3.24.